The largest absolute Gasteiger partial charge is 0.465 e. The van der Waals surface area contributed by atoms with Crippen molar-refractivity contribution in [3.63, 3.8) is 0 Å². The summed E-state index contributed by atoms with van der Waals surface area (Å²) in [5.74, 6) is 0. The van der Waals surface area contributed by atoms with Gasteiger partial charge in [0, 0.05) is 18.6 Å². The van der Waals surface area contributed by atoms with E-state index in [0.717, 1.165) is 12.8 Å². The number of piperidine rings is 1. The molecule has 0 unspecified atom stereocenters. The number of amides is 1. The molecule has 0 aromatic carbocycles. The predicted molar refractivity (Wildman–Crippen MR) is 41.4 cm³/mol. The van der Waals surface area contributed by atoms with E-state index >= 15 is 0 Å². The highest BCUT2D eigenvalue weighted by Gasteiger charge is 2.27. The van der Waals surface area contributed by atoms with E-state index in [1.54, 1.807) is 0 Å². The molecule has 1 aliphatic heterocycles. The first-order valence-electron chi connectivity index (χ1n) is 3.78. The lowest BCUT2D eigenvalue weighted by molar-refractivity contribution is 0.121. The van der Waals surface area contributed by atoms with Crippen LogP contribution in [0.2, 0.25) is 0 Å². The Morgan fingerprint density at radius 2 is 2.00 bits per heavy atom. The third-order valence-electron chi connectivity index (χ3n) is 2.18. The molecule has 0 atom stereocenters. The maximum absolute atomic E-state index is 10.5. The average Bonchev–Trinajstić information content (AvgIpc) is 1.86. The van der Waals surface area contributed by atoms with Crippen LogP contribution in [0.25, 0.3) is 0 Å². The lowest BCUT2D eigenvalue weighted by Crippen LogP contribution is -2.49. The molecule has 0 aromatic heterocycles. The molecule has 1 amide bonds. The van der Waals surface area contributed by atoms with Gasteiger partial charge in [-0.25, -0.2) is 4.79 Å². The molecule has 0 radical (unpaired) electrons. The van der Waals surface area contributed by atoms with E-state index in [1.165, 1.54) is 4.90 Å². The predicted octanol–water partition coefficient (Wildman–Crippen LogP) is 0.478. The van der Waals surface area contributed by atoms with Crippen LogP contribution in [-0.2, 0) is 0 Å². The third kappa shape index (κ3) is 2.08. The minimum Gasteiger partial charge on any atom is -0.465 e. The van der Waals surface area contributed by atoms with Gasteiger partial charge in [0.15, 0.2) is 0 Å². The molecule has 4 heteroatoms. The fraction of sp³-hybridized carbons (Fsp3) is 0.857. The third-order valence-corrected chi connectivity index (χ3v) is 2.18. The van der Waals surface area contributed by atoms with Crippen LogP contribution in [-0.4, -0.2) is 34.7 Å². The van der Waals surface area contributed by atoms with Crippen molar-refractivity contribution in [1.29, 1.82) is 0 Å². The molecule has 0 aromatic rings. The molecule has 1 aliphatic rings. The Balaban J connectivity index is 2.42. The van der Waals surface area contributed by atoms with Gasteiger partial charge in [0.2, 0.25) is 0 Å². The quantitative estimate of drug-likeness (QED) is 0.538. The van der Waals surface area contributed by atoms with Crippen LogP contribution >= 0.6 is 0 Å². The van der Waals surface area contributed by atoms with Gasteiger partial charge in [0.05, 0.1) is 0 Å². The van der Waals surface area contributed by atoms with Crippen LogP contribution in [0, 0.1) is 0 Å². The van der Waals surface area contributed by atoms with Crippen molar-refractivity contribution in [3.05, 3.63) is 0 Å². The SMILES string of the molecule is CC1(N)CCN(C(=O)O)CC1. The van der Waals surface area contributed by atoms with Crippen LogP contribution in [0.3, 0.4) is 0 Å². The Morgan fingerprint density at radius 3 is 2.36 bits per heavy atom. The van der Waals surface area contributed by atoms with E-state index < -0.39 is 6.09 Å². The van der Waals surface area contributed by atoms with Crippen molar-refractivity contribution in [1.82, 2.24) is 4.90 Å². The van der Waals surface area contributed by atoms with Crippen molar-refractivity contribution in [3.8, 4) is 0 Å². The van der Waals surface area contributed by atoms with Crippen molar-refractivity contribution < 1.29 is 9.90 Å². The van der Waals surface area contributed by atoms with Gasteiger partial charge in [0.25, 0.3) is 0 Å². The van der Waals surface area contributed by atoms with Gasteiger partial charge in [-0.3, -0.25) is 0 Å². The molecular formula is C7H14N2O2. The van der Waals surface area contributed by atoms with Gasteiger partial charge in [-0.1, -0.05) is 0 Å². The Kier molecular flexibility index (Phi) is 2.04. The Labute approximate surface area is 66.0 Å². The minimum absolute atomic E-state index is 0.161. The van der Waals surface area contributed by atoms with Gasteiger partial charge in [-0.2, -0.15) is 0 Å². The monoisotopic (exact) mass is 158 g/mol. The lowest BCUT2D eigenvalue weighted by atomic mass is 9.91. The van der Waals surface area contributed by atoms with Gasteiger partial charge in [0.1, 0.15) is 0 Å². The second-order valence-electron chi connectivity index (χ2n) is 3.42. The van der Waals surface area contributed by atoms with Crippen molar-refractivity contribution in [2.75, 3.05) is 13.1 Å². The van der Waals surface area contributed by atoms with Crippen molar-refractivity contribution >= 4 is 6.09 Å². The molecule has 1 rings (SSSR count). The van der Waals surface area contributed by atoms with Crippen molar-refractivity contribution in [2.45, 2.75) is 25.3 Å². The Hall–Kier alpha value is -0.770. The maximum atomic E-state index is 10.5. The molecule has 0 bridgehead atoms. The Bertz CT molecular complexity index is 158. The van der Waals surface area contributed by atoms with E-state index in [1.807, 2.05) is 6.92 Å². The summed E-state index contributed by atoms with van der Waals surface area (Å²) >= 11 is 0. The first-order chi connectivity index (χ1) is 5.01. The van der Waals surface area contributed by atoms with E-state index in [4.69, 9.17) is 10.8 Å². The molecule has 0 aliphatic carbocycles. The summed E-state index contributed by atoms with van der Waals surface area (Å²) in [6, 6.07) is 0. The van der Waals surface area contributed by atoms with E-state index in [2.05, 4.69) is 0 Å². The van der Waals surface area contributed by atoms with E-state index in [9.17, 15) is 4.79 Å². The number of nitrogens with zero attached hydrogens (tertiary/aromatic N) is 1. The summed E-state index contributed by atoms with van der Waals surface area (Å²) < 4.78 is 0. The topological polar surface area (TPSA) is 66.6 Å². The van der Waals surface area contributed by atoms with Crippen LogP contribution in [0.5, 0.6) is 0 Å². The molecule has 1 fully saturated rings. The van der Waals surface area contributed by atoms with Gasteiger partial charge >= 0.3 is 6.09 Å². The zero-order valence-electron chi connectivity index (χ0n) is 6.71. The molecule has 1 heterocycles. The molecule has 0 saturated carbocycles. The zero-order valence-corrected chi connectivity index (χ0v) is 6.71. The van der Waals surface area contributed by atoms with Crippen LogP contribution in [0.15, 0.2) is 0 Å². The number of likely N-dealkylation sites (tertiary alicyclic amines) is 1. The minimum atomic E-state index is -0.833. The normalized spacial score (nSPS) is 23.3. The van der Waals surface area contributed by atoms with E-state index in [0.29, 0.717) is 13.1 Å². The Morgan fingerprint density at radius 1 is 1.55 bits per heavy atom. The number of hydrogen-bond acceptors (Lipinski definition) is 2. The molecule has 11 heavy (non-hydrogen) atoms. The fourth-order valence-corrected chi connectivity index (χ4v) is 1.21. The average molecular weight is 158 g/mol. The number of carbonyl (C=O) groups is 1. The number of rotatable bonds is 0. The van der Waals surface area contributed by atoms with Crippen LogP contribution in [0.1, 0.15) is 19.8 Å². The number of nitrogens with two attached hydrogens (primary N) is 1. The second kappa shape index (κ2) is 2.70. The molecule has 64 valence electrons. The fourth-order valence-electron chi connectivity index (χ4n) is 1.21. The van der Waals surface area contributed by atoms with Gasteiger partial charge in [-0.05, 0) is 19.8 Å². The van der Waals surface area contributed by atoms with Gasteiger partial charge in [-0.15, -0.1) is 0 Å². The summed E-state index contributed by atoms with van der Waals surface area (Å²) in [4.78, 5) is 11.9. The summed E-state index contributed by atoms with van der Waals surface area (Å²) in [6.45, 7) is 3.11. The summed E-state index contributed by atoms with van der Waals surface area (Å²) in [7, 11) is 0. The smallest absolute Gasteiger partial charge is 0.407 e. The molecule has 3 N–H and O–H groups in total. The highest BCUT2D eigenvalue weighted by Crippen LogP contribution is 2.18. The summed E-state index contributed by atoms with van der Waals surface area (Å²) in [5, 5.41) is 8.59. The molecule has 0 spiro atoms. The highest BCUT2D eigenvalue weighted by atomic mass is 16.4. The molecule has 1 saturated heterocycles. The highest BCUT2D eigenvalue weighted by molar-refractivity contribution is 5.65. The van der Waals surface area contributed by atoms with Crippen molar-refractivity contribution in [2.24, 2.45) is 5.73 Å². The van der Waals surface area contributed by atoms with Crippen LogP contribution in [0.4, 0.5) is 4.79 Å². The van der Waals surface area contributed by atoms with Gasteiger partial charge < -0.3 is 15.7 Å². The first-order valence-corrected chi connectivity index (χ1v) is 3.78. The number of hydrogen-bond donors (Lipinski definition) is 2. The zero-order chi connectivity index (χ0) is 8.48. The summed E-state index contributed by atoms with van der Waals surface area (Å²) in [6.07, 6.45) is 0.694. The standard InChI is InChI=1S/C7H14N2O2/c1-7(8)2-4-9(5-3-7)6(10)11/h2-5,8H2,1H3,(H,10,11). The maximum Gasteiger partial charge on any atom is 0.407 e. The molecule has 4 nitrogen and oxygen atoms in total. The lowest BCUT2D eigenvalue weighted by Gasteiger charge is -2.35. The van der Waals surface area contributed by atoms with Crippen LogP contribution < -0.4 is 5.73 Å². The summed E-state index contributed by atoms with van der Waals surface area (Å²) in [5.41, 5.74) is 5.66. The number of carboxylic acid groups (broad SMARTS) is 1. The first kappa shape index (κ1) is 8.33. The second-order valence-corrected chi connectivity index (χ2v) is 3.42. The molecular weight excluding hydrogens is 144 g/mol. The van der Waals surface area contributed by atoms with E-state index in [-0.39, 0.29) is 5.54 Å².